The maximum absolute atomic E-state index is 9.31. The lowest BCUT2D eigenvalue weighted by atomic mass is 9.95. The Morgan fingerprint density at radius 2 is 1.32 bits per heavy atom. The number of phenols is 3. The Morgan fingerprint density at radius 3 is 1.94 bits per heavy atom. The molecular formula is C28H27N3O3. The minimum atomic E-state index is 0.0413. The van der Waals surface area contributed by atoms with E-state index in [4.69, 9.17) is 21.3 Å². The van der Waals surface area contributed by atoms with Gasteiger partial charge in [0.05, 0.1) is 0 Å². The van der Waals surface area contributed by atoms with Crippen LogP contribution in [0.15, 0.2) is 90.1 Å². The lowest BCUT2D eigenvalue weighted by Crippen LogP contribution is -2.10. The highest BCUT2D eigenvalue weighted by molar-refractivity contribution is 6.11. The van der Waals surface area contributed by atoms with Gasteiger partial charge in [0.15, 0.2) is 0 Å². The van der Waals surface area contributed by atoms with Crippen molar-refractivity contribution >= 4 is 29.3 Å². The first kappa shape index (κ1) is 24.2. The van der Waals surface area contributed by atoms with Crippen LogP contribution < -0.4 is 0 Å². The average molecular weight is 454 g/mol. The molecule has 0 unspecified atom stereocenters. The first-order valence-corrected chi connectivity index (χ1v) is 10.7. The quantitative estimate of drug-likeness (QED) is 0.330. The fourth-order valence-corrected chi connectivity index (χ4v) is 3.35. The van der Waals surface area contributed by atoms with Gasteiger partial charge in [0, 0.05) is 42.5 Å². The average Bonchev–Trinajstić information content (AvgIpc) is 2.78. The molecule has 0 atom stereocenters. The van der Waals surface area contributed by atoms with Gasteiger partial charge in [-0.3, -0.25) is 0 Å². The molecule has 2 aromatic carbocycles. The van der Waals surface area contributed by atoms with Gasteiger partial charge < -0.3 is 31.5 Å². The fraction of sp³-hybridized carbons (Fsp3) is 0.107. The Balaban J connectivity index is 0.000000191. The molecule has 0 saturated carbocycles. The Bertz CT molecular complexity index is 1230. The third-order valence-electron chi connectivity index (χ3n) is 4.99. The monoisotopic (exact) mass is 453 g/mol. The molecule has 0 fully saturated rings. The number of hydrogen-bond donors (Lipinski definition) is 6. The van der Waals surface area contributed by atoms with E-state index in [2.05, 4.69) is 0 Å². The van der Waals surface area contributed by atoms with Crippen LogP contribution in [0.5, 0.6) is 17.2 Å². The zero-order chi connectivity index (χ0) is 24.5. The highest BCUT2D eigenvalue weighted by atomic mass is 16.3. The van der Waals surface area contributed by atoms with Crippen molar-refractivity contribution in [3.63, 3.8) is 0 Å². The molecular weight excluding hydrogens is 426 g/mol. The Morgan fingerprint density at radius 1 is 0.647 bits per heavy atom. The third kappa shape index (κ3) is 7.91. The standard InChI is InChI=1S/C14H14N2O.C14H13NO2/c15-12-7-11(8-13(16)9-12)2-1-10-3-5-14(17)6-4-10;15-12-5-3-10(4-6-12)1-2-11-7-13(16)9-14(17)8-11/h1-7,15-17H,8-9H2;1-5,7-9,15-17H,6H2. The van der Waals surface area contributed by atoms with Crippen molar-refractivity contribution in [3.8, 4) is 17.2 Å². The second-order valence-electron chi connectivity index (χ2n) is 8.01. The number of phenolic OH excluding ortho intramolecular Hbond substituents is 3. The summed E-state index contributed by atoms with van der Waals surface area (Å²) in [4.78, 5) is 0. The molecule has 172 valence electrons. The number of allylic oxidation sites excluding steroid dienone is 8. The van der Waals surface area contributed by atoms with Gasteiger partial charge in [-0.2, -0.15) is 0 Å². The minimum Gasteiger partial charge on any atom is -0.508 e. The van der Waals surface area contributed by atoms with Crippen LogP contribution in [0, 0.1) is 16.2 Å². The highest BCUT2D eigenvalue weighted by Crippen LogP contribution is 2.22. The van der Waals surface area contributed by atoms with Crippen molar-refractivity contribution in [2.24, 2.45) is 0 Å². The van der Waals surface area contributed by atoms with E-state index < -0.39 is 0 Å². The molecule has 0 heterocycles. The summed E-state index contributed by atoms with van der Waals surface area (Å²) in [5.74, 6) is 0.335. The molecule has 0 spiro atoms. The van der Waals surface area contributed by atoms with Crippen LogP contribution in [0.4, 0.5) is 0 Å². The van der Waals surface area contributed by atoms with E-state index >= 15 is 0 Å². The second-order valence-corrected chi connectivity index (χ2v) is 8.01. The molecule has 2 aliphatic rings. The van der Waals surface area contributed by atoms with Gasteiger partial charge in [-0.15, -0.1) is 0 Å². The van der Waals surface area contributed by atoms with Crippen molar-refractivity contribution in [3.05, 3.63) is 101 Å². The van der Waals surface area contributed by atoms with E-state index in [9.17, 15) is 10.2 Å². The normalized spacial score (nSPS) is 15.8. The van der Waals surface area contributed by atoms with E-state index in [1.54, 1.807) is 30.3 Å². The van der Waals surface area contributed by atoms with Crippen molar-refractivity contribution in [1.82, 2.24) is 0 Å². The van der Waals surface area contributed by atoms with Crippen molar-refractivity contribution < 1.29 is 15.3 Å². The smallest absolute Gasteiger partial charge is 0.119 e. The number of aromatic hydroxyl groups is 3. The third-order valence-corrected chi connectivity index (χ3v) is 4.99. The molecule has 6 N–H and O–H groups in total. The van der Waals surface area contributed by atoms with Crippen LogP contribution in [-0.2, 0) is 0 Å². The molecule has 0 aromatic heterocycles. The van der Waals surface area contributed by atoms with Crippen LogP contribution in [0.2, 0.25) is 0 Å². The molecule has 2 aromatic rings. The maximum Gasteiger partial charge on any atom is 0.119 e. The fourth-order valence-electron chi connectivity index (χ4n) is 3.35. The van der Waals surface area contributed by atoms with E-state index in [-0.39, 0.29) is 17.2 Å². The van der Waals surface area contributed by atoms with Gasteiger partial charge in [-0.1, -0.05) is 48.6 Å². The summed E-state index contributed by atoms with van der Waals surface area (Å²) < 4.78 is 0. The number of hydrogen-bond acceptors (Lipinski definition) is 6. The van der Waals surface area contributed by atoms with E-state index in [1.165, 1.54) is 6.07 Å². The molecule has 6 heteroatoms. The summed E-state index contributed by atoms with van der Waals surface area (Å²) in [5, 5.41) is 50.4. The van der Waals surface area contributed by atoms with Crippen LogP contribution in [-0.4, -0.2) is 32.5 Å². The van der Waals surface area contributed by atoms with Crippen LogP contribution in [0.25, 0.3) is 12.2 Å². The zero-order valence-corrected chi connectivity index (χ0v) is 18.6. The van der Waals surface area contributed by atoms with Crippen molar-refractivity contribution in [2.75, 3.05) is 0 Å². The number of rotatable bonds is 4. The summed E-state index contributed by atoms with van der Waals surface area (Å²) in [7, 11) is 0. The molecule has 0 radical (unpaired) electrons. The molecule has 34 heavy (non-hydrogen) atoms. The maximum atomic E-state index is 9.31. The van der Waals surface area contributed by atoms with Crippen LogP contribution in [0.1, 0.15) is 30.4 Å². The van der Waals surface area contributed by atoms with E-state index in [0.29, 0.717) is 36.4 Å². The lowest BCUT2D eigenvalue weighted by molar-refractivity contribution is 0.450. The minimum absolute atomic E-state index is 0.0413. The number of benzene rings is 2. The second kappa shape index (κ2) is 11.4. The molecule has 2 aliphatic carbocycles. The zero-order valence-electron chi connectivity index (χ0n) is 18.6. The number of nitrogens with one attached hydrogen (secondary N) is 3. The van der Waals surface area contributed by atoms with Crippen LogP contribution in [0.3, 0.4) is 0 Å². The molecule has 0 saturated heterocycles. The van der Waals surface area contributed by atoms with Gasteiger partial charge >= 0.3 is 0 Å². The largest absolute Gasteiger partial charge is 0.508 e. The summed E-state index contributed by atoms with van der Waals surface area (Å²) in [5.41, 5.74) is 5.40. The summed E-state index contributed by atoms with van der Waals surface area (Å²) in [6.45, 7) is 0. The van der Waals surface area contributed by atoms with Gasteiger partial charge in [-0.05, 0) is 58.7 Å². The van der Waals surface area contributed by atoms with Gasteiger partial charge in [0.1, 0.15) is 17.2 Å². The topological polar surface area (TPSA) is 132 Å². The summed E-state index contributed by atoms with van der Waals surface area (Å²) in [6, 6.07) is 11.4. The molecule has 0 bridgehead atoms. The SMILES string of the molecule is N=C1C=C(C=Cc2ccc(O)cc2)CC(=N)C1.N=C1C=CC(C=Cc2cc(O)cc(O)c2)=CC1. The predicted octanol–water partition coefficient (Wildman–Crippen LogP) is 6.18. The summed E-state index contributed by atoms with van der Waals surface area (Å²) in [6.07, 6.45) is 16.7. The molecule has 0 amide bonds. The van der Waals surface area contributed by atoms with Crippen LogP contribution >= 0.6 is 0 Å². The van der Waals surface area contributed by atoms with Crippen molar-refractivity contribution in [1.29, 1.82) is 16.2 Å². The van der Waals surface area contributed by atoms with Gasteiger partial charge in [0.2, 0.25) is 0 Å². The molecule has 6 nitrogen and oxygen atoms in total. The van der Waals surface area contributed by atoms with Gasteiger partial charge in [0.25, 0.3) is 0 Å². The molecule has 0 aliphatic heterocycles. The van der Waals surface area contributed by atoms with E-state index in [1.807, 2.05) is 54.7 Å². The Kier molecular flexibility index (Phi) is 8.13. The summed E-state index contributed by atoms with van der Waals surface area (Å²) >= 11 is 0. The van der Waals surface area contributed by atoms with Gasteiger partial charge in [-0.25, -0.2) is 0 Å². The van der Waals surface area contributed by atoms with Crippen molar-refractivity contribution in [2.45, 2.75) is 19.3 Å². The first-order chi connectivity index (χ1) is 16.3. The first-order valence-electron chi connectivity index (χ1n) is 10.7. The Hall–Kier alpha value is -4.45. The lowest BCUT2D eigenvalue weighted by Gasteiger charge is -2.11. The predicted molar refractivity (Wildman–Crippen MR) is 138 cm³/mol. The molecule has 4 rings (SSSR count). The van der Waals surface area contributed by atoms with E-state index in [0.717, 1.165) is 22.3 Å². The Labute approximate surface area is 198 Å². The highest BCUT2D eigenvalue weighted by Gasteiger charge is 2.09.